The minimum Gasteiger partial charge on any atom is -0.455 e. The summed E-state index contributed by atoms with van der Waals surface area (Å²) in [4.78, 5) is 26.8. The van der Waals surface area contributed by atoms with Crippen molar-refractivity contribution < 1.29 is 19.1 Å². The predicted molar refractivity (Wildman–Crippen MR) is 178 cm³/mol. The molecule has 4 aromatic rings. The minimum absolute atomic E-state index is 0.0831. The molecule has 0 amide bonds. The smallest absolute Gasteiger partial charge is 0.338 e. The summed E-state index contributed by atoms with van der Waals surface area (Å²) in [5, 5.41) is 0. The molecule has 2 fully saturated rings. The molecule has 6 unspecified atom stereocenters. The summed E-state index contributed by atoms with van der Waals surface area (Å²) in [6.07, 6.45) is 1.83. The number of esters is 2. The number of fused-ring (bicyclic) bond motifs is 7. The number of hydrogen-bond donors (Lipinski definition) is 0. The number of carbonyl (C=O) groups excluding carboxylic acids is 2. The monoisotopic (exact) mass is 598 g/mol. The van der Waals surface area contributed by atoms with Crippen LogP contribution in [0.5, 0.6) is 0 Å². The molecule has 230 valence electrons. The van der Waals surface area contributed by atoms with Gasteiger partial charge in [0.1, 0.15) is 12.2 Å². The van der Waals surface area contributed by atoms with Crippen LogP contribution in [0, 0.1) is 24.7 Å². The lowest BCUT2D eigenvalue weighted by Crippen LogP contribution is -2.45. The van der Waals surface area contributed by atoms with E-state index < -0.39 is 12.2 Å². The zero-order valence-electron chi connectivity index (χ0n) is 26.9. The molecular weight excluding hydrogens is 556 g/mol. The van der Waals surface area contributed by atoms with Crippen molar-refractivity contribution in [3.8, 4) is 11.1 Å². The van der Waals surface area contributed by atoms with E-state index in [9.17, 15) is 9.59 Å². The first-order chi connectivity index (χ1) is 21.7. The van der Waals surface area contributed by atoms with Crippen LogP contribution in [0.1, 0.15) is 88.6 Å². The van der Waals surface area contributed by atoms with Crippen LogP contribution in [0.2, 0.25) is 0 Å². The van der Waals surface area contributed by atoms with Crippen molar-refractivity contribution in [1.82, 2.24) is 0 Å². The van der Waals surface area contributed by atoms with Crippen molar-refractivity contribution in [1.29, 1.82) is 0 Å². The van der Waals surface area contributed by atoms with E-state index in [0.29, 0.717) is 17.0 Å². The van der Waals surface area contributed by atoms with Crippen LogP contribution in [-0.4, -0.2) is 24.1 Å². The van der Waals surface area contributed by atoms with E-state index in [2.05, 4.69) is 65.0 Å². The van der Waals surface area contributed by atoms with Crippen molar-refractivity contribution in [2.45, 2.75) is 77.4 Å². The Bertz CT molecular complexity index is 1750. The van der Waals surface area contributed by atoms with Gasteiger partial charge in [0.05, 0.1) is 11.1 Å². The second-order valence-corrected chi connectivity index (χ2v) is 14.2. The number of hydrogen-bond acceptors (Lipinski definition) is 4. The first-order valence-electron chi connectivity index (χ1n) is 16.4. The Balaban J connectivity index is 1.26. The van der Waals surface area contributed by atoms with Crippen molar-refractivity contribution in [2.75, 3.05) is 0 Å². The van der Waals surface area contributed by atoms with Gasteiger partial charge in [-0.3, -0.25) is 0 Å². The van der Waals surface area contributed by atoms with Gasteiger partial charge in [0.2, 0.25) is 0 Å². The summed E-state index contributed by atoms with van der Waals surface area (Å²) in [6, 6.07) is 29.8. The molecule has 45 heavy (non-hydrogen) atoms. The molecule has 2 bridgehead atoms. The first-order valence-corrected chi connectivity index (χ1v) is 16.4. The predicted octanol–water partition coefficient (Wildman–Crippen LogP) is 8.88. The normalized spacial score (nSPS) is 24.6. The van der Waals surface area contributed by atoms with Crippen LogP contribution in [0.25, 0.3) is 11.1 Å². The van der Waals surface area contributed by atoms with Crippen LogP contribution >= 0.6 is 0 Å². The molecule has 7 rings (SSSR count). The standard InChI is InChI=1S/C41H42O4/c1-6-25-21-35(41(3,4)5)24(2)20-30(25)28-18-13-19-29-31(28)22-32-33-23-34(36(29)32)38(45-40(43)27-16-11-8-12-17-27)37(33)44-39(42)26-14-9-7-10-15-26/h7-21,32-34,36-38H,6,22-23H2,1-5H3. The Labute approximate surface area is 266 Å². The van der Waals surface area contributed by atoms with Gasteiger partial charge < -0.3 is 9.47 Å². The fourth-order valence-electron chi connectivity index (χ4n) is 8.74. The quantitative estimate of drug-likeness (QED) is 0.208. The lowest BCUT2D eigenvalue weighted by Gasteiger charge is -2.37. The van der Waals surface area contributed by atoms with Crippen LogP contribution in [0.4, 0.5) is 0 Å². The molecule has 3 aliphatic rings. The van der Waals surface area contributed by atoms with E-state index in [1.165, 1.54) is 38.9 Å². The Morgan fingerprint density at radius 3 is 1.91 bits per heavy atom. The molecule has 4 nitrogen and oxygen atoms in total. The van der Waals surface area contributed by atoms with Gasteiger partial charge in [0.25, 0.3) is 0 Å². The third kappa shape index (κ3) is 5.09. The second kappa shape index (κ2) is 11.3. The Hall–Kier alpha value is -4.18. The fourth-order valence-corrected chi connectivity index (χ4v) is 8.74. The average molecular weight is 599 g/mol. The lowest BCUT2D eigenvalue weighted by atomic mass is 9.76. The van der Waals surface area contributed by atoms with Gasteiger partial charge in [-0.25, -0.2) is 9.59 Å². The van der Waals surface area contributed by atoms with Gasteiger partial charge in [-0.05, 0) is 107 Å². The summed E-state index contributed by atoms with van der Waals surface area (Å²) in [5.41, 5.74) is 10.6. The maximum atomic E-state index is 13.4. The molecular formula is C41H42O4. The van der Waals surface area contributed by atoms with Crippen molar-refractivity contribution >= 4 is 11.9 Å². The third-order valence-corrected chi connectivity index (χ3v) is 10.6. The minimum atomic E-state index is -0.495. The third-order valence-electron chi connectivity index (χ3n) is 10.6. The van der Waals surface area contributed by atoms with Crippen LogP contribution < -0.4 is 0 Å². The molecule has 4 aromatic carbocycles. The topological polar surface area (TPSA) is 52.6 Å². The van der Waals surface area contributed by atoms with Gasteiger partial charge in [-0.15, -0.1) is 0 Å². The largest absolute Gasteiger partial charge is 0.455 e. The van der Waals surface area contributed by atoms with Gasteiger partial charge in [0, 0.05) is 11.8 Å². The lowest BCUT2D eigenvalue weighted by molar-refractivity contribution is -0.0698. The second-order valence-electron chi connectivity index (χ2n) is 14.2. The Kier molecular flexibility index (Phi) is 7.43. The van der Waals surface area contributed by atoms with Gasteiger partial charge in [-0.1, -0.05) is 94.4 Å². The number of ether oxygens (including phenoxy) is 2. The van der Waals surface area contributed by atoms with Crippen LogP contribution in [0.15, 0.2) is 91.0 Å². The van der Waals surface area contributed by atoms with Gasteiger partial charge in [0.15, 0.2) is 0 Å². The molecule has 0 saturated heterocycles. The van der Waals surface area contributed by atoms with E-state index in [4.69, 9.17) is 9.47 Å². The highest BCUT2D eigenvalue weighted by Crippen LogP contribution is 2.63. The average Bonchev–Trinajstić information content (AvgIpc) is 3.71. The molecule has 0 heterocycles. The summed E-state index contributed by atoms with van der Waals surface area (Å²) >= 11 is 0. The summed E-state index contributed by atoms with van der Waals surface area (Å²) < 4.78 is 12.6. The summed E-state index contributed by atoms with van der Waals surface area (Å²) in [5.74, 6) is 0.102. The summed E-state index contributed by atoms with van der Waals surface area (Å²) in [6.45, 7) is 11.3. The maximum absolute atomic E-state index is 13.4. The molecule has 6 atom stereocenters. The highest BCUT2D eigenvalue weighted by molar-refractivity contribution is 5.90. The maximum Gasteiger partial charge on any atom is 0.338 e. The van der Waals surface area contributed by atoms with E-state index >= 15 is 0 Å². The van der Waals surface area contributed by atoms with E-state index in [1.807, 2.05) is 36.4 Å². The first kappa shape index (κ1) is 29.5. The van der Waals surface area contributed by atoms with Crippen molar-refractivity contribution in [2.24, 2.45) is 17.8 Å². The number of aryl methyl sites for hydroxylation is 2. The highest BCUT2D eigenvalue weighted by atomic mass is 16.6. The molecule has 0 aliphatic heterocycles. The number of benzene rings is 4. The van der Waals surface area contributed by atoms with Crippen molar-refractivity contribution in [3.63, 3.8) is 0 Å². The van der Waals surface area contributed by atoms with Gasteiger partial charge in [-0.2, -0.15) is 0 Å². The van der Waals surface area contributed by atoms with E-state index in [-0.39, 0.29) is 35.1 Å². The zero-order chi connectivity index (χ0) is 31.5. The number of rotatable bonds is 6. The summed E-state index contributed by atoms with van der Waals surface area (Å²) in [7, 11) is 0. The SMILES string of the molecule is CCc1cc(C(C)(C)C)c(C)cc1-c1cccc2c1CC1C3CC(C(OC(=O)c4ccccc4)C3OC(=O)c3ccccc3)C21. The van der Waals surface area contributed by atoms with Crippen LogP contribution in [-0.2, 0) is 27.7 Å². The van der Waals surface area contributed by atoms with Crippen molar-refractivity contribution in [3.05, 3.63) is 130 Å². The molecule has 2 saturated carbocycles. The molecule has 3 aliphatic carbocycles. The molecule has 4 heteroatoms. The number of carbonyl (C=O) groups is 2. The van der Waals surface area contributed by atoms with E-state index in [1.54, 1.807) is 24.3 Å². The fraction of sp³-hybridized carbons (Fsp3) is 0.366. The van der Waals surface area contributed by atoms with Gasteiger partial charge >= 0.3 is 11.9 Å². The molecule has 0 spiro atoms. The highest BCUT2D eigenvalue weighted by Gasteiger charge is 2.63. The molecule has 0 aromatic heterocycles. The Morgan fingerprint density at radius 2 is 1.33 bits per heavy atom. The molecule has 0 N–H and O–H groups in total. The molecule has 0 radical (unpaired) electrons. The zero-order valence-corrected chi connectivity index (χ0v) is 26.9. The Morgan fingerprint density at radius 1 is 0.733 bits per heavy atom. The van der Waals surface area contributed by atoms with Crippen LogP contribution in [0.3, 0.4) is 0 Å². The van der Waals surface area contributed by atoms with E-state index in [0.717, 1.165) is 19.3 Å².